The Kier molecular flexibility index (Phi) is 3.37. The van der Waals surface area contributed by atoms with E-state index in [4.69, 9.17) is 4.74 Å². The third-order valence-corrected chi connectivity index (χ3v) is 5.81. The Hall–Kier alpha value is -0.190. The van der Waals surface area contributed by atoms with Gasteiger partial charge < -0.3 is 10.1 Å². The van der Waals surface area contributed by atoms with Crippen LogP contribution in [-0.2, 0) is 0 Å². The maximum absolute atomic E-state index is 6.37. The molecule has 2 aliphatic rings. The van der Waals surface area contributed by atoms with Gasteiger partial charge >= 0.3 is 0 Å². The van der Waals surface area contributed by atoms with Crippen molar-refractivity contribution in [1.29, 1.82) is 0 Å². The number of hydrogen-bond acceptors (Lipinski definition) is 3. The Labute approximate surface area is 121 Å². The van der Waals surface area contributed by atoms with Gasteiger partial charge in [-0.05, 0) is 25.6 Å². The normalized spacial score (nSPS) is 34.4. The van der Waals surface area contributed by atoms with Crippen LogP contribution in [0.2, 0.25) is 0 Å². The highest BCUT2D eigenvalue weighted by atomic mass is 79.9. The van der Waals surface area contributed by atoms with Gasteiger partial charge in [-0.15, -0.1) is 0 Å². The lowest BCUT2D eigenvalue weighted by atomic mass is 9.85. The van der Waals surface area contributed by atoms with Gasteiger partial charge in [0, 0.05) is 33.5 Å². The molecule has 0 radical (unpaired) electrons. The van der Waals surface area contributed by atoms with Gasteiger partial charge in [-0.1, -0.05) is 28.9 Å². The number of rotatable bonds is 1. The minimum absolute atomic E-state index is 0.0333. The molecule has 0 aliphatic carbocycles. The summed E-state index contributed by atoms with van der Waals surface area (Å²) in [6, 6.07) is 6.77. The molecular weight excluding hydrogens is 310 g/mol. The predicted octanol–water partition coefficient (Wildman–Crippen LogP) is 3.76. The van der Waals surface area contributed by atoms with Gasteiger partial charge in [0.05, 0.1) is 0 Å². The molecule has 3 unspecified atom stereocenters. The van der Waals surface area contributed by atoms with Crippen LogP contribution in [0.3, 0.4) is 0 Å². The minimum atomic E-state index is 0.0333. The van der Waals surface area contributed by atoms with Crippen LogP contribution in [-0.4, -0.2) is 23.7 Å². The number of benzene rings is 1. The van der Waals surface area contributed by atoms with Gasteiger partial charge in [-0.3, -0.25) is 0 Å². The zero-order chi connectivity index (χ0) is 12.8. The summed E-state index contributed by atoms with van der Waals surface area (Å²) in [5.74, 6) is 2.16. The van der Waals surface area contributed by atoms with Crippen molar-refractivity contribution in [2.24, 2.45) is 0 Å². The van der Waals surface area contributed by atoms with Crippen molar-refractivity contribution < 1.29 is 4.74 Å². The van der Waals surface area contributed by atoms with E-state index in [1.54, 1.807) is 0 Å². The number of fused-ring (bicyclic) bond motifs is 1. The standard InChI is InChI=1S/C14H18BrNOS/c1-9-6-14(8-18-9)7-12(16-2)11-4-3-10(15)5-13(11)17-14/h3-5,9,12,16H,6-8H2,1-2H3. The van der Waals surface area contributed by atoms with E-state index in [9.17, 15) is 0 Å². The molecule has 4 heteroatoms. The molecule has 2 aliphatic heterocycles. The first-order chi connectivity index (χ1) is 8.62. The average molecular weight is 328 g/mol. The maximum Gasteiger partial charge on any atom is 0.126 e. The van der Waals surface area contributed by atoms with E-state index in [0.29, 0.717) is 11.3 Å². The SMILES string of the molecule is CNC1CC2(CSC(C)C2)Oc2cc(Br)ccc21. The lowest BCUT2D eigenvalue weighted by Crippen LogP contribution is -2.44. The van der Waals surface area contributed by atoms with E-state index >= 15 is 0 Å². The molecule has 1 spiro atoms. The van der Waals surface area contributed by atoms with Gasteiger partial charge in [-0.25, -0.2) is 0 Å². The second-order valence-electron chi connectivity index (χ2n) is 5.34. The van der Waals surface area contributed by atoms with Crippen molar-refractivity contribution in [3.63, 3.8) is 0 Å². The van der Waals surface area contributed by atoms with E-state index in [1.807, 2.05) is 18.8 Å². The lowest BCUT2D eigenvalue weighted by Gasteiger charge is -2.39. The molecule has 98 valence electrons. The molecule has 3 atom stereocenters. The maximum atomic E-state index is 6.37. The monoisotopic (exact) mass is 327 g/mol. The molecule has 1 aromatic carbocycles. The molecule has 18 heavy (non-hydrogen) atoms. The zero-order valence-corrected chi connectivity index (χ0v) is 13.1. The van der Waals surface area contributed by atoms with Crippen molar-refractivity contribution in [3.05, 3.63) is 28.2 Å². The Morgan fingerprint density at radius 2 is 2.28 bits per heavy atom. The second kappa shape index (κ2) is 4.73. The smallest absolute Gasteiger partial charge is 0.126 e. The van der Waals surface area contributed by atoms with Crippen LogP contribution < -0.4 is 10.1 Å². The molecule has 0 saturated carbocycles. The fourth-order valence-corrected chi connectivity index (χ4v) is 4.69. The molecule has 1 saturated heterocycles. The highest BCUT2D eigenvalue weighted by Crippen LogP contribution is 2.48. The molecule has 1 N–H and O–H groups in total. The summed E-state index contributed by atoms with van der Waals surface area (Å²) in [6.45, 7) is 2.30. The Bertz CT molecular complexity index is 467. The van der Waals surface area contributed by atoms with Crippen LogP contribution in [0.5, 0.6) is 5.75 Å². The van der Waals surface area contributed by atoms with Crippen LogP contribution in [0.25, 0.3) is 0 Å². The second-order valence-corrected chi connectivity index (χ2v) is 7.68. The molecule has 3 rings (SSSR count). The van der Waals surface area contributed by atoms with Crippen LogP contribution in [0.15, 0.2) is 22.7 Å². The third kappa shape index (κ3) is 2.19. The van der Waals surface area contributed by atoms with Crippen molar-refractivity contribution in [2.45, 2.75) is 36.7 Å². The number of hydrogen-bond donors (Lipinski definition) is 1. The molecule has 2 nitrogen and oxygen atoms in total. The molecule has 2 heterocycles. The van der Waals surface area contributed by atoms with Gasteiger partial charge in [0.25, 0.3) is 0 Å². The molecular formula is C14H18BrNOS. The summed E-state index contributed by atoms with van der Waals surface area (Å²) in [4.78, 5) is 0. The Balaban J connectivity index is 1.98. The highest BCUT2D eigenvalue weighted by Gasteiger charge is 2.45. The average Bonchev–Trinajstić information content (AvgIpc) is 2.68. The van der Waals surface area contributed by atoms with E-state index in [-0.39, 0.29) is 5.60 Å². The minimum Gasteiger partial charge on any atom is -0.486 e. The summed E-state index contributed by atoms with van der Waals surface area (Å²) in [5, 5.41) is 4.15. The number of thioether (sulfide) groups is 1. The number of halogens is 1. The van der Waals surface area contributed by atoms with Gasteiger partial charge in [0.2, 0.25) is 0 Å². The van der Waals surface area contributed by atoms with E-state index in [0.717, 1.165) is 28.8 Å². The predicted molar refractivity (Wildman–Crippen MR) is 80.5 cm³/mol. The van der Waals surface area contributed by atoms with Crippen LogP contribution in [0, 0.1) is 0 Å². The van der Waals surface area contributed by atoms with Crippen LogP contribution >= 0.6 is 27.7 Å². The first kappa shape index (κ1) is 12.8. The van der Waals surface area contributed by atoms with Gasteiger partial charge in [0.1, 0.15) is 11.4 Å². The molecule has 0 amide bonds. The van der Waals surface area contributed by atoms with E-state index in [2.05, 4.69) is 46.4 Å². The summed E-state index contributed by atoms with van der Waals surface area (Å²) >= 11 is 5.56. The van der Waals surface area contributed by atoms with Gasteiger partial charge in [0.15, 0.2) is 0 Å². The molecule has 1 fully saturated rings. The fourth-order valence-electron chi connectivity index (χ4n) is 3.05. The Morgan fingerprint density at radius 3 is 2.94 bits per heavy atom. The summed E-state index contributed by atoms with van der Waals surface area (Å²) < 4.78 is 7.46. The quantitative estimate of drug-likeness (QED) is 0.848. The highest BCUT2D eigenvalue weighted by molar-refractivity contribution is 9.10. The van der Waals surface area contributed by atoms with Gasteiger partial charge in [-0.2, -0.15) is 11.8 Å². The fraction of sp³-hybridized carbons (Fsp3) is 0.571. The summed E-state index contributed by atoms with van der Waals surface area (Å²) in [7, 11) is 2.04. The third-order valence-electron chi connectivity index (χ3n) is 3.89. The number of ether oxygens (including phenoxy) is 1. The summed E-state index contributed by atoms with van der Waals surface area (Å²) in [5.41, 5.74) is 1.32. The van der Waals surface area contributed by atoms with Crippen molar-refractivity contribution in [3.8, 4) is 5.75 Å². The number of nitrogens with one attached hydrogen (secondary N) is 1. The van der Waals surface area contributed by atoms with Crippen molar-refractivity contribution in [2.75, 3.05) is 12.8 Å². The summed E-state index contributed by atoms with van der Waals surface area (Å²) in [6.07, 6.45) is 2.23. The van der Waals surface area contributed by atoms with E-state index in [1.165, 1.54) is 5.56 Å². The molecule has 1 aromatic rings. The lowest BCUT2D eigenvalue weighted by molar-refractivity contribution is 0.0525. The Morgan fingerprint density at radius 1 is 1.44 bits per heavy atom. The van der Waals surface area contributed by atoms with Crippen LogP contribution in [0.4, 0.5) is 0 Å². The molecule has 0 bridgehead atoms. The zero-order valence-electron chi connectivity index (χ0n) is 10.7. The van der Waals surface area contributed by atoms with Crippen molar-refractivity contribution in [1.82, 2.24) is 5.32 Å². The largest absolute Gasteiger partial charge is 0.486 e. The van der Waals surface area contributed by atoms with Crippen LogP contribution in [0.1, 0.15) is 31.4 Å². The molecule has 0 aromatic heterocycles. The van der Waals surface area contributed by atoms with Crippen molar-refractivity contribution >= 4 is 27.7 Å². The topological polar surface area (TPSA) is 21.3 Å². The first-order valence-electron chi connectivity index (χ1n) is 6.39. The first-order valence-corrected chi connectivity index (χ1v) is 8.23. The van der Waals surface area contributed by atoms with E-state index < -0.39 is 0 Å².